The first kappa shape index (κ1) is 10.6. The van der Waals surface area contributed by atoms with Gasteiger partial charge < -0.3 is 14.7 Å². The lowest BCUT2D eigenvalue weighted by Crippen LogP contribution is -2.25. The van der Waals surface area contributed by atoms with Crippen LogP contribution >= 0.6 is 12.2 Å². The number of fused-ring (bicyclic) bond motifs is 1. The SMILES string of the molecule is Cc1nc(-c2nc(=S)c3c([nH]2)CCNC3)co1. The molecule has 0 saturated heterocycles. The van der Waals surface area contributed by atoms with Gasteiger partial charge in [0.2, 0.25) is 0 Å². The summed E-state index contributed by atoms with van der Waals surface area (Å²) in [7, 11) is 0. The maximum absolute atomic E-state index is 5.30. The molecule has 0 aliphatic carbocycles. The van der Waals surface area contributed by atoms with Gasteiger partial charge in [0.1, 0.15) is 16.6 Å². The molecule has 17 heavy (non-hydrogen) atoms. The van der Waals surface area contributed by atoms with Crippen molar-refractivity contribution in [1.29, 1.82) is 0 Å². The molecule has 0 fully saturated rings. The van der Waals surface area contributed by atoms with Crippen LogP contribution in [0.15, 0.2) is 10.7 Å². The van der Waals surface area contributed by atoms with Gasteiger partial charge in [-0.2, -0.15) is 0 Å². The maximum Gasteiger partial charge on any atom is 0.191 e. The Balaban J connectivity index is 2.13. The Morgan fingerprint density at radius 2 is 2.29 bits per heavy atom. The topological polar surface area (TPSA) is 66.7 Å². The lowest BCUT2D eigenvalue weighted by Gasteiger charge is -2.17. The van der Waals surface area contributed by atoms with Crippen molar-refractivity contribution in [2.75, 3.05) is 6.54 Å². The molecule has 0 saturated carbocycles. The smallest absolute Gasteiger partial charge is 0.191 e. The Morgan fingerprint density at radius 3 is 3.06 bits per heavy atom. The molecular weight excluding hydrogens is 236 g/mol. The van der Waals surface area contributed by atoms with Crippen LogP contribution in [0.3, 0.4) is 0 Å². The van der Waals surface area contributed by atoms with Crippen LogP contribution in [0.1, 0.15) is 17.1 Å². The number of hydrogen-bond donors (Lipinski definition) is 2. The highest BCUT2D eigenvalue weighted by Gasteiger charge is 2.14. The summed E-state index contributed by atoms with van der Waals surface area (Å²) in [5.41, 5.74) is 2.95. The molecule has 0 amide bonds. The van der Waals surface area contributed by atoms with Crippen molar-refractivity contribution in [3.8, 4) is 11.5 Å². The van der Waals surface area contributed by atoms with E-state index in [1.165, 1.54) is 0 Å². The van der Waals surface area contributed by atoms with Crippen molar-refractivity contribution in [2.24, 2.45) is 0 Å². The molecule has 6 heteroatoms. The molecule has 0 spiro atoms. The summed E-state index contributed by atoms with van der Waals surface area (Å²) in [5.74, 6) is 1.31. The van der Waals surface area contributed by atoms with E-state index in [9.17, 15) is 0 Å². The van der Waals surface area contributed by atoms with Crippen LogP contribution in [0, 0.1) is 11.6 Å². The number of nitrogens with zero attached hydrogens (tertiary/aromatic N) is 2. The van der Waals surface area contributed by atoms with Gasteiger partial charge in [0, 0.05) is 37.7 Å². The fourth-order valence-corrected chi connectivity index (χ4v) is 2.25. The van der Waals surface area contributed by atoms with Crippen LogP contribution in [-0.2, 0) is 13.0 Å². The van der Waals surface area contributed by atoms with Crippen LogP contribution in [0.4, 0.5) is 0 Å². The zero-order valence-corrected chi connectivity index (χ0v) is 10.2. The minimum atomic E-state index is 0.625. The molecule has 2 aromatic rings. The molecule has 0 bridgehead atoms. The maximum atomic E-state index is 5.30. The highest BCUT2D eigenvalue weighted by atomic mass is 32.1. The zero-order chi connectivity index (χ0) is 11.8. The number of oxazole rings is 1. The van der Waals surface area contributed by atoms with E-state index < -0.39 is 0 Å². The van der Waals surface area contributed by atoms with Gasteiger partial charge in [0.05, 0.1) is 0 Å². The third-order valence-electron chi connectivity index (χ3n) is 2.82. The van der Waals surface area contributed by atoms with Crippen molar-refractivity contribution in [2.45, 2.75) is 19.9 Å². The zero-order valence-electron chi connectivity index (χ0n) is 9.41. The molecule has 1 aliphatic rings. The van der Waals surface area contributed by atoms with E-state index in [0.29, 0.717) is 22.0 Å². The lowest BCUT2D eigenvalue weighted by atomic mass is 10.1. The second-order valence-electron chi connectivity index (χ2n) is 4.03. The molecule has 0 atom stereocenters. The molecule has 2 N–H and O–H groups in total. The van der Waals surface area contributed by atoms with Gasteiger partial charge in [-0.1, -0.05) is 12.2 Å². The summed E-state index contributed by atoms with van der Waals surface area (Å²) in [6.07, 6.45) is 2.53. The van der Waals surface area contributed by atoms with E-state index in [2.05, 4.69) is 20.3 Å². The molecule has 0 unspecified atom stereocenters. The summed E-state index contributed by atoms with van der Waals surface area (Å²) in [4.78, 5) is 11.9. The number of H-pyrrole nitrogens is 1. The van der Waals surface area contributed by atoms with Crippen molar-refractivity contribution in [3.63, 3.8) is 0 Å². The standard InChI is InChI=1S/C11H12N4OS/c1-6-13-9(5-16-6)10-14-8-2-3-12-4-7(8)11(17)15-10/h5,12H,2-4H2,1H3,(H,14,15,17). The van der Waals surface area contributed by atoms with Gasteiger partial charge in [-0.25, -0.2) is 9.97 Å². The quantitative estimate of drug-likeness (QED) is 0.753. The Hall–Kier alpha value is -1.53. The first-order valence-electron chi connectivity index (χ1n) is 5.49. The molecule has 88 valence electrons. The summed E-state index contributed by atoms with van der Waals surface area (Å²) >= 11 is 5.30. The molecule has 3 rings (SSSR count). The summed E-state index contributed by atoms with van der Waals surface area (Å²) < 4.78 is 5.83. The van der Waals surface area contributed by atoms with Gasteiger partial charge in [-0.3, -0.25) is 0 Å². The second-order valence-corrected chi connectivity index (χ2v) is 4.41. The van der Waals surface area contributed by atoms with Crippen molar-refractivity contribution >= 4 is 12.2 Å². The second kappa shape index (κ2) is 4.05. The molecule has 5 nitrogen and oxygen atoms in total. The van der Waals surface area contributed by atoms with Crippen LogP contribution in [0.5, 0.6) is 0 Å². The molecule has 0 radical (unpaired) electrons. The Labute approximate surface area is 103 Å². The van der Waals surface area contributed by atoms with Gasteiger partial charge in [0.15, 0.2) is 11.7 Å². The van der Waals surface area contributed by atoms with E-state index in [0.717, 1.165) is 30.8 Å². The fraction of sp³-hybridized carbons (Fsp3) is 0.364. The van der Waals surface area contributed by atoms with Gasteiger partial charge in [-0.05, 0) is 0 Å². The Kier molecular flexibility index (Phi) is 2.53. The van der Waals surface area contributed by atoms with E-state index >= 15 is 0 Å². The van der Waals surface area contributed by atoms with E-state index in [-0.39, 0.29) is 0 Å². The summed E-state index contributed by atoms with van der Waals surface area (Å²) in [6.45, 7) is 3.55. The summed E-state index contributed by atoms with van der Waals surface area (Å²) in [5, 5.41) is 3.28. The normalized spacial score (nSPS) is 14.6. The average Bonchev–Trinajstić information content (AvgIpc) is 2.76. The highest BCUT2D eigenvalue weighted by Crippen LogP contribution is 2.18. The van der Waals surface area contributed by atoms with Crippen molar-refractivity contribution in [3.05, 3.63) is 28.1 Å². The minimum absolute atomic E-state index is 0.625. The lowest BCUT2D eigenvalue weighted by molar-refractivity contribution is 0.521. The van der Waals surface area contributed by atoms with Crippen molar-refractivity contribution < 1.29 is 4.42 Å². The van der Waals surface area contributed by atoms with E-state index in [1.54, 1.807) is 13.2 Å². The van der Waals surface area contributed by atoms with Crippen LogP contribution in [0.25, 0.3) is 11.5 Å². The summed E-state index contributed by atoms with van der Waals surface area (Å²) in [6, 6.07) is 0. The molecule has 2 aromatic heterocycles. The number of aryl methyl sites for hydroxylation is 1. The molecular formula is C11H12N4OS. The molecule has 0 aromatic carbocycles. The monoisotopic (exact) mass is 248 g/mol. The number of aromatic nitrogens is 3. The van der Waals surface area contributed by atoms with Gasteiger partial charge >= 0.3 is 0 Å². The third-order valence-corrected chi connectivity index (χ3v) is 3.16. The molecule has 3 heterocycles. The third kappa shape index (κ3) is 1.89. The number of nitrogens with one attached hydrogen (secondary N) is 2. The molecule has 1 aliphatic heterocycles. The predicted molar refractivity (Wildman–Crippen MR) is 65.1 cm³/mol. The predicted octanol–water partition coefficient (Wildman–Crippen LogP) is 1.75. The first-order chi connectivity index (χ1) is 8.24. The first-order valence-corrected chi connectivity index (χ1v) is 5.90. The van der Waals surface area contributed by atoms with E-state index in [1.807, 2.05) is 0 Å². The Morgan fingerprint density at radius 1 is 1.41 bits per heavy atom. The van der Waals surface area contributed by atoms with Crippen LogP contribution in [0.2, 0.25) is 0 Å². The Bertz CT molecular complexity index is 616. The number of rotatable bonds is 1. The number of hydrogen-bond acceptors (Lipinski definition) is 5. The van der Waals surface area contributed by atoms with Crippen molar-refractivity contribution in [1.82, 2.24) is 20.3 Å². The van der Waals surface area contributed by atoms with E-state index in [4.69, 9.17) is 16.6 Å². The highest BCUT2D eigenvalue weighted by molar-refractivity contribution is 7.71. The largest absolute Gasteiger partial charge is 0.449 e. The average molecular weight is 248 g/mol. The van der Waals surface area contributed by atoms with Gasteiger partial charge in [-0.15, -0.1) is 0 Å². The van der Waals surface area contributed by atoms with Gasteiger partial charge in [0.25, 0.3) is 0 Å². The van der Waals surface area contributed by atoms with Crippen LogP contribution < -0.4 is 5.32 Å². The minimum Gasteiger partial charge on any atom is -0.449 e. The fourth-order valence-electron chi connectivity index (χ4n) is 1.96. The van der Waals surface area contributed by atoms with Crippen LogP contribution in [-0.4, -0.2) is 21.5 Å². The number of aromatic amines is 1.